The fourth-order valence-corrected chi connectivity index (χ4v) is 5.17. The Morgan fingerprint density at radius 2 is 1.64 bits per heavy atom. The molecule has 5 rings (SSSR count). The predicted octanol–water partition coefficient (Wildman–Crippen LogP) is 1.63. The molecule has 0 radical (unpaired) electrons. The summed E-state index contributed by atoms with van der Waals surface area (Å²) >= 11 is 0. The minimum absolute atomic E-state index is 0.0328. The number of hydrogen-bond donors (Lipinski definition) is 1. The summed E-state index contributed by atoms with van der Waals surface area (Å²) in [7, 11) is 1.66. The minimum atomic E-state index is -0.630. The molecule has 2 fully saturated rings. The highest BCUT2D eigenvalue weighted by atomic mass is 16.5. The van der Waals surface area contributed by atoms with Crippen LogP contribution in [0.25, 0.3) is 10.9 Å². The number of amides is 2. The zero-order chi connectivity index (χ0) is 27.2. The van der Waals surface area contributed by atoms with E-state index < -0.39 is 11.7 Å². The zero-order valence-electron chi connectivity index (χ0n) is 22.3. The van der Waals surface area contributed by atoms with Gasteiger partial charge in [-0.05, 0) is 30.3 Å². The molecule has 10 nitrogen and oxygen atoms in total. The van der Waals surface area contributed by atoms with E-state index in [1.807, 2.05) is 36.4 Å². The van der Waals surface area contributed by atoms with Gasteiger partial charge in [-0.1, -0.05) is 18.2 Å². The van der Waals surface area contributed by atoms with Crippen LogP contribution in [0.15, 0.2) is 54.7 Å². The van der Waals surface area contributed by atoms with Crippen LogP contribution >= 0.6 is 0 Å². The van der Waals surface area contributed by atoms with Gasteiger partial charge in [-0.2, -0.15) is 0 Å². The van der Waals surface area contributed by atoms with Crippen molar-refractivity contribution in [3.8, 4) is 5.75 Å². The Morgan fingerprint density at radius 1 is 0.923 bits per heavy atom. The Hall–Kier alpha value is -3.89. The molecule has 2 aliphatic rings. The SMILES string of the molecule is COc1ccc(N2CCN(CCNC(=O)C(=O)c3cn(CC(=O)N4CCOCC4)c4ccccc34)CC2)cc1. The van der Waals surface area contributed by atoms with Crippen LogP contribution < -0.4 is 15.0 Å². The number of aromatic nitrogens is 1. The van der Waals surface area contributed by atoms with Crippen LogP contribution in [-0.2, 0) is 20.9 Å². The number of Topliss-reactive ketones (excluding diaryl/α,β-unsaturated/α-hetero) is 1. The van der Waals surface area contributed by atoms with Crippen LogP contribution in [0.3, 0.4) is 0 Å². The van der Waals surface area contributed by atoms with E-state index >= 15 is 0 Å². The number of nitrogens with zero attached hydrogens (tertiary/aromatic N) is 4. The van der Waals surface area contributed by atoms with Crippen molar-refractivity contribution in [1.82, 2.24) is 19.7 Å². The van der Waals surface area contributed by atoms with Gasteiger partial charge in [0.2, 0.25) is 5.91 Å². The largest absolute Gasteiger partial charge is 0.497 e. The molecule has 2 aromatic carbocycles. The average molecular weight is 534 g/mol. The maximum atomic E-state index is 13.1. The standard InChI is InChI=1S/C29H35N5O5/c1-38-23-8-6-22(7-9-23)32-14-12-31(13-15-32)11-10-30-29(37)28(36)25-20-34(26-5-3-2-4-24(25)26)21-27(35)33-16-18-39-19-17-33/h2-9,20H,10-19,21H2,1H3,(H,30,37). The Bertz CT molecular complexity index is 1310. The summed E-state index contributed by atoms with van der Waals surface area (Å²) in [6.45, 7) is 6.88. The normalized spacial score (nSPS) is 16.3. The van der Waals surface area contributed by atoms with Crippen LogP contribution in [0.1, 0.15) is 10.4 Å². The lowest BCUT2D eigenvalue weighted by Gasteiger charge is -2.36. The molecule has 39 heavy (non-hydrogen) atoms. The van der Waals surface area contributed by atoms with Gasteiger partial charge in [0.25, 0.3) is 11.7 Å². The van der Waals surface area contributed by atoms with Crippen LogP contribution in [-0.4, -0.2) is 105 Å². The number of nitrogens with one attached hydrogen (secondary N) is 1. The van der Waals surface area contributed by atoms with Crippen LogP contribution in [0.4, 0.5) is 5.69 Å². The van der Waals surface area contributed by atoms with Gasteiger partial charge < -0.3 is 29.2 Å². The number of para-hydroxylation sites is 1. The number of benzene rings is 2. The molecule has 1 N–H and O–H groups in total. The summed E-state index contributed by atoms with van der Waals surface area (Å²) in [6, 6.07) is 15.4. The number of fused-ring (bicyclic) bond motifs is 1. The molecule has 3 aromatic rings. The maximum Gasteiger partial charge on any atom is 0.292 e. The minimum Gasteiger partial charge on any atom is -0.497 e. The smallest absolute Gasteiger partial charge is 0.292 e. The average Bonchev–Trinajstić information content (AvgIpc) is 3.35. The molecule has 1 aromatic heterocycles. The van der Waals surface area contributed by atoms with Crippen LogP contribution in [0.2, 0.25) is 0 Å². The van der Waals surface area contributed by atoms with Crippen molar-refractivity contribution in [2.45, 2.75) is 6.54 Å². The van der Waals surface area contributed by atoms with E-state index in [0.717, 1.165) is 37.4 Å². The van der Waals surface area contributed by atoms with Gasteiger partial charge in [-0.15, -0.1) is 0 Å². The van der Waals surface area contributed by atoms with Gasteiger partial charge in [-0.25, -0.2) is 0 Å². The first-order chi connectivity index (χ1) is 19.0. The van der Waals surface area contributed by atoms with E-state index in [-0.39, 0.29) is 12.5 Å². The molecule has 0 saturated carbocycles. The van der Waals surface area contributed by atoms with Crippen LogP contribution in [0, 0.1) is 0 Å². The number of morpholine rings is 1. The Balaban J connectivity index is 1.14. The van der Waals surface area contributed by atoms with E-state index in [1.54, 1.807) is 22.8 Å². The lowest BCUT2D eigenvalue weighted by molar-refractivity contribution is -0.135. The molecule has 2 saturated heterocycles. The molecule has 0 atom stereocenters. The highest BCUT2D eigenvalue weighted by Gasteiger charge is 2.24. The van der Waals surface area contributed by atoms with Gasteiger partial charge in [0.15, 0.2) is 0 Å². The van der Waals surface area contributed by atoms with Crippen molar-refractivity contribution in [2.75, 3.05) is 77.6 Å². The molecule has 10 heteroatoms. The molecule has 0 aliphatic carbocycles. The van der Waals surface area contributed by atoms with Crippen molar-refractivity contribution in [2.24, 2.45) is 0 Å². The van der Waals surface area contributed by atoms with Crippen molar-refractivity contribution < 1.29 is 23.9 Å². The number of methoxy groups -OCH3 is 1. The first-order valence-corrected chi connectivity index (χ1v) is 13.4. The number of hydrogen-bond acceptors (Lipinski definition) is 7. The molecule has 0 spiro atoms. The van der Waals surface area contributed by atoms with Crippen molar-refractivity contribution in [3.63, 3.8) is 0 Å². The maximum absolute atomic E-state index is 13.1. The Kier molecular flexibility index (Phi) is 8.43. The molecule has 0 bridgehead atoms. The summed E-state index contributed by atoms with van der Waals surface area (Å²) in [4.78, 5) is 45.1. The van der Waals surface area contributed by atoms with Gasteiger partial charge in [0.05, 0.1) is 25.9 Å². The first kappa shape index (κ1) is 26.7. The second-order valence-electron chi connectivity index (χ2n) is 9.79. The molecular weight excluding hydrogens is 498 g/mol. The Labute approximate surface area is 228 Å². The second-order valence-corrected chi connectivity index (χ2v) is 9.79. The van der Waals surface area contributed by atoms with E-state index in [0.29, 0.717) is 50.3 Å². The van der Waals surface area contributed by atoms with Crippen molar-refractivity contribution >= 4 is 34.2 Å². The van der Waals surface area contributed by atoms with Gasteiger partial charge in [0.1, 0.15) is 12.3 Å². The second kappa shape index (κ2) is 12.3. The molecule has 3 heterocycles. The van der Waals surface area contributed by atoms with E-state index in [9.17, 15) is 14.4 Å². The predicted molar refractivity (Wildman–Crippen MR) is 148 cm³/mol. The third kappa shape index (κ3) is 6.23. The third-order valence-corrected chi connectivity index (χ3v) is 7.43. The lowest BCUT2D eigenvalue weighted by Crippen LogP contribution is -2.48. The van der Waals surface area contributed by atoms with E-state index in [1.165, 1.54) is 5.69 Å². The summed E-state index contributed by atoms with van der Waals surface area (Å²) in [5, 5.41) is 3.46. The number of ketones is 1. The lowest BCUT2D eigenvalue weighted by atomic mass is 10.1. The molecule has 0 unspecified atom stereocenters. The zero-order valence-corrected chi connectivity index (χ0v) is 22.3. The summed E-state index contributed by atoms with van der Waals surface area (Å²) in [5.74, 6) is -0.411. The third-order valence-electron chi connectivity index (χ3n) is 7.43. The van der Waals surface area contributed by atoms with E-state index in [2.05, 4.69) is 27.2 Å². The van der Waals surface area contributed by atoms with Crippen molar-refractivity contribution in [3.05, 3.63) is 60.3 Å². The van der Waals surface area contributed by atoms with Gasteiger partial charge >= 0.3 is 0 Å². The number of carbonyl (C=O) groups is 3. The summed E-state index contributed by atoms with van der Waals surface area (Å²) in [6.07, 6.45) is 1.63. The summed E-state index contributed by atoms with van der Waals surface area (Å²) < 4.78 is 12.3. The molecule has 2 amide bonds. The fraction of sp³-hybridized carbons (Fsp3) is 0.414. The molecule has 2 aliphatic heterocycles. The highest BCUT2D eigenvalue weighted by molar-refractivity contribution is 6.45. The number of piperazine rings is 1. The monoisotopic (exact) mass is 533 g/mol. The van der Waals surface area contributed by atoms with Gasteiger partial charge in [0, 0.05) is 75.1 Å². The fourth-order valence-electron chi connectivity index (χ4n) is 5.17. The topological polar surface area (TPSA) is 96.3 Å². The van der Waals surface area contributed by atoms with Crippen molar-refractivity contribution in [1.29, 1.82) is 0 Å². The van der Waals surface area contributed by atoms with Crippen LogP contribution in [0.5, 0.6) is 5.75 Å². The number of ether oxygens (including phenoxy) is 2. The number of anilines is 1. The summed E-state index contributed by atoms with van der Waals surface area (Å²) in [5.41, 5.74) is 2.23. The Morgan fingerprint density at radius 3 is 2.36 bits per heavy atom. The molecule has 206 valence electrons. The van der Waals surface area contributed by atoms with Gasteiger partial charge in [-0.3, -0.25) is 19.3 Å². The number of carbonyl (C=O) groups excluding carboxylic acids is 3. The quantitative estimate of drug-likeness (QED) is 0.330. The first-order valence-electron chi connectivity index (χ1n) is 13.4. The molecular formula is C29H35N5O5. The number of rotatable bonds is 9. The van der Waals surface area contributed by atoms with E-state index in [4.69, 9.17) is 9.47 Å². The highest BCUT2D eigenvalue weighted by Crippen LogP contribution is 2.23.